The molecule has 0 fully saturated rings. The number of aromatic nitrogens is 1. The summed E-state index contributed by atoms with van der Waals surface area (Å²) in [5.41, 5.74) is 5.92. The summed E-state index contributed by atoms with van der Waals surface area (Å²) in [5, 5.41) is 7.42. The normalized spacial score (nSPS) is 11.0. The number of fused-ring (bicyclic) bond motifs is 1. The summed E-state index contributed by atoms with van der Waals surface area (Å²) in [5.74, 6) is -1.09. The van der Waals surface area contributed by atoms with E-state index < -0.39 is 11.8 Å². The average molecular weight is 386 g/mol. The van der Waals surface area contributed by atoms with Gasteiger partial charge in [-0.25, -0.2) is 5.43 Å². The molecule has 0 radical (unpaired) electrons. The van der Waals surface area contributed by atoms with Crippen molar-refractivity contribution < 1.29 is 14.0 Å². The number of para-hydroxylation sites is 1. The molecule has 7 nitrogen and oxygen atoms in total. The lowest BCUT2D eigenvalue weighted by Crippen LogP contribution is -2.37. The number of hydrazone groups is 1. The molecule has 3 N–H and O–H groups in total. The maximum Gasteiger partial charge on any atom is 0.329 e. The van der Waals surface area contributed by atoms with E-state index in [9.17, 15) is 9.59 Å². The smallest absolute Gasteiger partial charge is 0.329 e. The summed E-state index contributed by atoms with van der Waals surface area (Å²) in [6.07, 6.45) is 3.04. The van der Waals surface area contributed by atoms with Crippen molar-refractivity contribution in [1.29, 1.82) is 0 Å². The minimum absolute atomic E-state index is 0.129. The van der Waals surface area contributed by atoms with Crippen LogP contribution in [0.3, 0.4) is 0 Å². The molecule has 0 saturated carbocycles. The Labute approximate surface area is 166 Å². The number of nitrogens with zero attached hydrogens (tertiary/aromatic N) is 1. The van der Waals surface area contributed by atoms with Crippen LogP contribution in [0.4, 0.5) is 0 Å². The van der Waals surface area contributed by atoms with Gasteiger partial charge in [0.15, 0.2) is 0 Å². The fourth-order valence-corrected chi connectivity index (χ4v) is 3.00. The molecule has 144 valence electrons. The fraction of sp³-hybridized carbons (Fsp3) is 0.0455. The number of furan rings is 1. The zero-order valence-corrected chi connectivity index (χ0v) is 15.4. The maximum absolute atomic E-state index is 12.0. The first kappa shape index (κ1) is 18.2. The third-order valence-electron chi connectivity index (χ3n) is 4.38. The quantitative estimate of drug-likeness (QED) is 0.279. The Bertz CT molecular complexity index is 1160. The molecule has 0 bridgehead atoms. The van der Waals surface area contributed by atoms with Gasteiger partial charge in [0.05, 0.1) is 24.7 Å². The van der Waals surface area contributed by atoms with Crippen molar-refractivity contribution in [3.63, 3.8) is 0 Å². The van der Waals surface area contributed by atoms with Crippen LogP contribution in [0, 0.1) is 0 Å². The third-order valence-corrected chi connectivity index (χ3v) is 4.38. The van der Waals surface area contributed by atoms with Gasteiger partial charge in [0.25, 0.3) is 0 Å². The van der Waals surface area contributed by atoms with Crippen LogP contribution in [0.25, 0.3) is 22.2 Å². The molecule has 2 heterocycles. The molecule has 2 aromatic carbocycles. The third kappa shape index (κ3) is 4.08. The Morgan fingerprint density at radius 1 is 0.966 bits per heavy atom. The molecular weight excluding hydrogens is 368 g/mol. The Hall–Kier alpha value is -4.13. The van der Waals surface area contributed by atoms with E-state index in [-0.39, 0.29) is 6.54 Å². The second kappa shape index (κ2) is 8.26. The van der Waals surface area contributed by atoms with Gasteiger partial charge in [0, 0.05) is 16.5 Å². The van der Waals surface area contributed by atoms with Gasteiger partial charge in [0.2, 0.25) is 0 Å². The molecule has 2 amide bonds. The zero-order valence-electron chi connectivity index (χ0n) is 15.4. The van der Waals surface area contributed by atoms with Crippen LogP contribution in [-0.4, -0.2) is 23.0 Å². The number of amides is 2. The van der Waals surface area contributed by atoms with Crippen LogP contribution in [0.15, 0.2) is 82.5 Å². The second-order valence-electron chi connectivity index (χ2n) is 6.29. The maximum atomic E-state index is 12.0. The molecule has 0 aliphatic rings. The van der Waals surface area contributed by atoms with E-state index in [4.69, 9.17) is 4.42 Å². The highest BCUT2D eigenvalue weighted by Gasteiger charge is 2.14. The number of nitrogens with one attached hydrogen (secondary N) is 3. The van der Waals surface area contributed by atoms with Crippen LogP contribution in [0.1, 0.15) is 11.3 Å². The van der Waals surface area contributed by atoms with Crippen LogP contribution < -0.4 is 10.7 Å². The van der Waals surface area contributed by atoms with Crippen LogP contribution in [0.2, 0.25) is 0 Å². The molecule has 0 saturated heterocycles. The Balaban J connectivity index is 1.50. The summed E-state index contributed by atoms with van der Waals surface area (Å²) in [7, 11) is 0. The van der Waals surface area contributed by atoms with Crippen molar-refractivity contribution in [2.24, 2.45) is 5.10 Å². The summed E-state index contributed by atoms with van der Waals surface area (Å²) in [4.78, 5) is 27.2. The molecule has 2 aromatic heterocycles. The standard InChI is InChI=1S/C22H18N4O3/c27-21(23-13-16-9-6-12-29-16)22(28)26-24-14-18-17-10-4-5-11-19(17)25-20(18)15-7-2-1-3-8-15/h1-12,14,25H,13H2,(H,23,27)(H,26,28)/b24-14+. The van der Waals surface area contributed by atoms with Crippen molar-refractivity contribution >= 4 is 28.9 Å². The lowest BCUT2D eigenvalue weighted by Gasteiger charge is -2.02. The molecule has 7 heteroatoms. The van der Waals surface area contributed by atoms with Crippen molar-refractivity contribution in [2.45, 2.75) is 6.54 Å². The average Bonchev–Trinajstić information content (AvgIpc) is 3.40. The summed E-state index contributed by atoms with van der Waals surface area (Å²) in [6, 6.07) is 21.1. The molecule has 4 aromatic rings. The summed E-state index contributed by atoms with van der Waals surface area (Å²) >= 11 is 0. The van der Waals surface area contributed by atoms with Gasteiger partial charge in [0.1, 0.15) is 5.76 Å². The molecule has 0 unspecified atom stereocenters. The zero-order chi connectivity index (χ0) is 20.1. The lowest BCUT2D eigenvalue weighted by molar-refractivity contribution is -0.139. The van der Waals surface area contributed by atoms with Crippen molar-refractivity contribution in [1.82, 2.24) is 15.7 Å². The topological polar surface area (TPSA) is 99.5 Å². The van der Waals surface area contributed by atoms with Crippen molar-refractivity contribution in [3.05, 3.63) is 84.3 Å². The minimum Gasteiger partial charge on any atom is -0.467 e. The number of H-pyrrole nitrogens is 1. The summed E-state index contributed by atoms with van der Waals surface area (Å²) < 4.78 is 5.11. The number of aromatic amines is 1. The highest BCUT2D eigenvalue weighted by molar-refractivity contribution is 6.35. The molecular formula is C22H18N4O3. The lowest BCUT2D eigenvalue weighted by atomic mass is 10.1. The highest BCUT2D eigenvalue weighted by atomic mass is 16.3. The largest absolute Gasteiger partial charge is 0.467 e. The fourth-order valence-electron chi connectivity index (χ4n) is 3.00. The first-order valence-corrected chi connectivity index (χ1v) is 9.02. The molecule has 0 aliphatic heterocycles. The van der Waals surface area contributed by atoms with E-state index in [1.807, 2.05) is 54.6 Å². The molecule has 4 rings (SSSR count). The van der Waals surface area contributed by atoms with Crippen LogP contribution >= 0.6 is 0 Å². The first-order chi connectivity index (χ1) is 14.2. The molecule has 0 aliphatic carbocycles. The number of rotatable bonds is 5. The van der Waals surface area contributed by atoms with Gasteiger partial charge >= 0.3 is 11.8 Å². The Morgan fingerprint density at radius 2 is 1.76 bits per heavy atom. The van der Waals surface area contributed by atoms with Gasteiger partial charge in [-0.1, -0.05) is 48.5 Å². The molecule has 0 spiro atoms. The minimum atomic E-state index is -0.853. The van der Waals surface area contributed by atoms with Gasteiger partial charge < -0.3 is 14.7 Å². The number of carbonyl (C=O) groups excluding carboxylic acids is 2. The van der Waals surface area contributed by atoms with E-state index in [0.29, 0.717) is 5.76 Å². The van der Waals surface area contributed by atoms with Gasteiger partial charge in [-0.15, -0.1) is 0 Å². The monoisotopic (exact) mass is 386 g/mol. The predicted molar refractivity (Wildman–Crippen MR) is 110 cm³/mol. The van der Waals surface area contributed by atoms with Crippen LogP contribution in [-0.2, 0) is 16.1 Å². The van der Waals surface area contributed by atoms with Gasteiger partial charge in [-0.2, -0.15) is 5.10 Å². The van der Waals surface area contributed by atoms with Gasteiger partial charge in [-0.3, -0.25) is 9.59 Å². The Morgan fingerprint density at radius 3 is 2.55 bits per heavy atom. The van der Waals surface area contributed by atoms with E-state index >= 15 is 0 Å². The van der Waals surface area contributed by atoms with Gasteiger partial charge in [-0.05, 0) is 23.8 Å². The van der Waals surface area contributed by atoms with E-state index in [2.05, 4.69) is 20.8 Å². The van der Waals surface area contributed by atoms with Crippen molar-refractivity contribution in [2.75, 3.05) is 0 Å². The first-order valence-electron chi connectivity index (χ1n) is 9.02. The SMILES string of the molecule is O=C(NCc1ccco1)C(=O)N/N=C/c1c(-c2ccccc2)[nH]c2ccccc12. The van der Waals surface area contributed by atoms with Crippen LogP contribution in [0.5, 0.6) is 0 Å². The number of benzene rings is 2. The predicted octanol–water partition coefficient (Wildman–Crippen LogP) is 3.19. The van der Waals surface area contributed by atoms with Crippen molar-refractivity contribution in [3.8, 4) is 11.3 Å². The number of carbonyl (C=O) groups is 2. The number of hydrogen-bond donors (Lipinski definition) is 3. The molecule has 29 heavy (non-hydrogen) atoms. The van der Waals surface area contributed by atoms with E-state index in [1.54, 1.807) is 18.3 Å². The molecule has 0 atom stereocenters. The Kier molecular flexibility index (Phi) is 5.20. The number of hydrogen-bond acceptors (Lipinski definition) is 4. The summed E-state index contributed by atoms with van der Waals surface area (Å²) in [6.45, 7) is 0.129. The van der Waals surface area contributed by atoms with E-state index in [0.717, 1.165) is 27.7 Å². The van der Waals surface area contributed by atoms with E-state index in [1.165, 1.54) is 6.26 Å². The highest BCUT2D eigenvalue weighted by Crippen LogP contribution is 2.28. The second-order valence-corrected chi connectivity index (χ2v) is 6.29.